The van der Waals surface area contributed by atoms with Gasteiger partial charge in [0.25, 0.3) is 0 Å². The summed E-state index contributed by atoms with van der Waals surface area (Å²) < 4.78 is 5.80. The molecule has 1 unspecified atom stereocenters. The molecule has 0 aromatic heterocycles. The maximum absolute atomic E-state index is 5.91. The van der Waals surface area contributed by atoms with Crippen LogP contribution in [0.4, 0.5) is 0 Å². The van der Waals surface area contributed by atoms with Crippen molar-refractivity contribution in [2.24, 2.45) is 5.92 Å². The van der Waals surface area contributed by atoms with Crippen LogP contribution in [0.3, 0.4) is 0 Å². The van der Waals surface area contributed by atoms with Gasteiger partial charge in [-0.1, -0.05) is 58.7 Å². The summed E-state index contributed by atoms with van der Waals surface area (Å²) in [5.74, 6) is 1.62. The third-order valence-corrected chi connectivity index (χ3v) is 4.22. The Morgan fingerprint density at radius 2 is 1.52 bits per heavy atom. The molecule has 0 spiro atoms. The molecule has 1 nitrogen and oxygen atoms in total. The zero-order valence-electron chi connectivity index (χ0n) is 12.2. The molecule has 1 atom stereocenters. The van der Waals surface area contributed by atoms with E-state index in [-0.39, 0.29) is 0 Å². The summed E-state index contributed by atoms with van der Waals surface area (Å²) in [4.78, 5) is 0. The molecule has 0 saturated heterocycles. The Morgan fingerprint density at radius 1 is 0.952 bits per heavy atom. The number of alkyl halides is 1. The second-order valence-electron chi connectivity index (χ2n) is 5.25. The van der Waals surface area contributed by atoms with Gasteiger partial charge in [-0.25, -0.2) is 0 Å². The van der Waals surface area contributed by atoms with E-state index < -0.39 is 0 Å². The highest BCUT2D eigenvalue weighted by Gasteiger charge is 2.02. The Morgan fingerprint density at radius 3 is 2.10 bits per heavy atom. The standard InChI is InChI=1S/C18H20BrClO/c1-14(10-12-19)11-13-21-18-8-4-16(5-9-18)15-2-6-17(20)7-3-15/h2-9,14H,10-13H2,1H3. The largest absolute Gasteiger partial charge is 0.494 e. The number of hydrogen-bond acceptors (Lipinski definition) is 1. The molecule has 0 fully saturated rings. The van der Waals surface area contributed by atoms with Gasteiger partial charge in [0.05, 0.1) is 6.61 Å². The monoisotopic (exact) mass is 366 g/mol. The van der Waals surface area contributed by atoms with Crippen molar-refractivity contribution < 1.29 is 4.74 Å². The Hall–Kier alpha value is -0.990. The number of halogens is 2. The van der Waals surface area contributed by atoms with Gasteiger partial charge in [0.15, 0.2) is 0 Å². The van der Waals surface area contributed by atoms with Crippen molar-refractivity contribution in [3.05, 3.63) is 53.6 Å². The van der Waals surface area contributed by atoms with E-state index in [1.807, 2.05) is 36.4 Å². The van der Waals surface area contributed by atoms with Crippen LogP contribution < -0.4 is 4.74 Å². The highest BCUT2D eigenvalue weighted by atomic mass is 79.9. The molecule has 112 valence electrons. The van der Waals surface area contributed by atoms with Crippen LogP contribution >= 0.6 is 27.5 Å². The quantitative estimate of drug-likeness (QED) is 0.530. The van der Waals surface area contributed by atoms with Crippen LogP contribution in [0.15, 0.2) is 48.5 Å². The highest BCUT2D eigenvalue weighted by Crippen LogP contribution is 2.24. The van der Waals surface area contributed by atoms with Crippen LogP contribution in [0, 0.1) is 5.92 Å². The summed E-state index contributed by atoms with van der Waals surface area (Å²) in [6.07, 6.45) is 2.28. The summed E-state index contributed by atoms with van der Waals surface area (Å²) in [6, 6.07) is 16.1. The molecule has 0 amide bonds. The van der Waals surface area contributed by atoms with Gasteiger partial charge in [-0.2, -0.15) is 0 Å². The van der Waals surface area contributed by atoms with E-state index in [2.05, 4.69) is 35.0 Å². The molecular weight excluding hydrogens is 348 g/mol. The molecule has 0 heterocycles. The van der Waals surface area contributed by atoms with Gasteiger partial charge in [-0.05, 0) is 54.2 Å². The number of rotatable bonds is 7. The zero-order valence-corrected chi connectivity index (χ0v) is 14.5. The van der Waals surface area contributed by atoms with Crippen molar-refractivity contribution >= 4 is 27.5 Å². The van der Waals surface area contributed by atoms with Crippen LogP contribution in [0.1, 0.15) is 19.8 Å². The fourth-order valence-electron chi connectivity index (χ4n) is 2.09. The number of hydrogen-bond donors (Lipinski definition) is 0. The van der Waals surface area contributed by atoms with E-state index in [1.165, 1.54) is 12.0 Å². The second kappa shape index (κ2) is 8.45. The van der Waals surface area contributed by atoms with Crippen molar-refractivity contribution in [1.29, 1.82) is 0 Å². The van der Waals surface area contributed by atoms with Gasteiger partial charge in [-0.15, -0.1) is 0 Å². The summed E-state index contributed by atoms with van der Waals surface area (Å²) in [6.45, 7) is 3.03. The molecule has 0 saturated carbocycles. The molecule has 0 radical (unpaired) electrons. The van der Waals surface area contributed by atoms with Crippen molar-refractivity contribution in [2.75, 3.05) is 11.9 Å². The molecule has 21 heavy (non-hydrogen) atoms. The molecule has 0 bridgehead atoms. The van der Waals surface area contributed by atoms with Crippen LogP contribution in [-0.2, 0) is 0 Å². The summed E-state index contributed by atoms with van der Waals surface area (Å²) in [5.41, 5.74) is 2.34. The molecule has 3 heteroatoms. The first-order valence-corrected chi connectivity index (χ1v) is 8.74. The van der Waals surface area contributed by atoms with Crippen molar-refractivity contribution in [3.63, 3.8) is 0 Å². The van der Waals surface area contributed by atoms with Gasteiger partial charge in [-0.3, -0.25) is 0 Å². The lowest BCUT2D eigenvalue weighted by atomic mass is 10.1. The molecule has 2 rings (SSSR count). The first kappa shape index (κ1) is 16.4. The minimum absolute atomic E-state index is 0.692. The average molecular weight is 368 g/mol. The Bertz CT molecular complexity index is 536. The maximum Gasteiger partial charge on any atom is 0.119 e. The third-order valence-electron chi connectivity index (χ3n) is 3.51. The second-order valence-corrected chi connectivity index (χ2v) is 6.48. The van der Waals surface area contributed by atoms with Crippen molar-refractivity contribution in [3.8, 4) is 16.9 Å². The molecule has 0 N–H and O–H groups in total. The average Bonchev–Trinajstić information content (AvgIpc) is 2.49. The molecular formula is C18H20BrClO. The van der Waals surface area contributed by atoms with E-state index in [9.17, 15) is 0 Å². The Kier molecular flexibility index (Phi) is 6.59. The third kappa shape index (κ3) is 5.37. The lowest BCUT2D eigenvalue weighted by Gasteiger charge is -2.11. The first-order valence-electron chi connectivity index (χ1n) is 7.24. The van der Waals surface area contributed by atoms with Crippen molar-refractivity contribution in [2.45, 2.75) is 19.8 Å². The fourth-order valence-corrected chi connectivity index (χ4v) is 3.00. The minimum atomic E-state index is 0.692. The van der Waals surface area contributed by atoms with Crippen LogP contribution in [0.5, 0.6) is 5.75 Å². The predicted octanol–water partition coefficient (Wildman–Crippen LogP) is 6.20. The molecule has 2 aromatic rings. The van der Waals surface area contributed by atoms with E-state index in [1.54, 1.807) is 0 Å². The summed E-state index contributed by atoms with van der Waals surface area (Å²) in [5, 5.41) is 1.82. The Labute approximate surface area is 140 Å². The van der Waals surface area contributed by atoms with Crippen LogP contribution in [-0.4, -0.2) is 11.9 Å². The fraction of sp³-hybridized carbons (Fsp3) is 0.333. The van der Waals surface area contributed by atoms with Gasteiger partial charge in [0, 0.05) is 10.4 Å². The highest BCUT2D eigenvalue weighted by molar-refractivity contribution is 9.09. The number of ether oxygens (including phenoxy) is 1. The zero-order chi connectivity index (χ0) is 15.1. The van der Waals surface area contributed by atoms with E-state index in [0.29, 0.717) is 5.92 Å². The molecule has 0 aliphatic carbocycles. The minimum Gasteiger partial charge on any atom is -0.494 e. The topological polar surface area (TPSA) is 9.23 Å². The molecule has 0 aliphatic heterocycles. The van der Waals surface area contributed by atoms with Crippen molar-refractivity contribution in [1.82, 2.24) is 0 Å². The van der Waals surface area contributed by atoms with Crippen LogP contribution in [0.25, 0.3) is 11.1 Å². The Balaban J connectivity index is 1.88. The summed E-state index contributed by atoms with van der Waals surface area (Å²) in [7, 11) is 0. The first-order chi connectivity index (χ1) is 10.2. The van der Waals surface area contributed by atoms with Gasteiger partial charge in [0.2, 0.25) is 0 Å². The predicted molar refractivity (Wildman–Crippen MR) is 94.6 cm³/mol. The van der Waals surface area contributed by atoms with E-state index in [0.717, 1.165) is 34.7 Å². The lowest BCUT2D eigenvalue weighted by molar-refractivity contribution is 0.282. The van der Waals surface area contributed by atoms with E-state index in [4.69, 9.17) is 16.3 Å². The SMILES string of the molecule is CC(CCBr)CCOc1ccc(-c2ccc(Cl)cc2)cc1. The normalized spacial score (nSPS) is 12.1. The summed E-state index contributed by atoms with van der Waals surface area (Å²) >= 11 is 9.38. The van der Waals surface area contributed by atoms with Gasteiger partial charge < -0.3 is 4.74 Å². The van der Waals surface area contributed by atoms with E-state index >= 15 is 0 Å². The van der Waals surface area contributed by atoms with Gasteiger partial charge >= 0.3 is 0 Å². The number of benzene rings is 2. The smallest absolute Gasteiger partial charge is 0.119 e. The van der Waals surface area contributed by atoms with Crippen LogP contribution in [0.2, 0.25) is 5.02 Å². The lowest BCUT2D eigenvalue weighted by Crippen LogP contribution is -2.04. The maximum atomic E-state index is 5.91. The van der Waals surface area contributed by atoms with Gasteiger partial charge in [0.1, 0.15) is 5.75 Å². The molecule has 2 aromatic carbocycles. The molecule has 0 aliphatic rings.